The van der Waals surface area contributed by atoms with E-state index in [9.17, 15) is 18.4 Å². The van der Waals surface area contributed by atoms with Crippen molar-refractivity contribution >= 4 is 17.5 Å². The third-order valence-electron chi connectivity index (χ3n) is 2.57. The number of nitrogens with one attached hydrogen (secondary N) is 1. The molecule has 1 atom stereocenters. The summed E-state index contributed by atoms with van der Waals surface area (Å²) in [7, 11) is 2.79. The Morgan fingerprint density at radius 1 is 1.33 bits per heavy atom. The predicted octanol–water partition coefficient (Wildman–Crippen LogP) is 0.335. The molecule has 0 saturated carbocycles. The van der Waals surface area contributed by atoms with Crippen LogP contribution in [0.5, 0.6) is 0 Å². The van der Waals surface area contributed by atoms with E-state index in [2.05, 4.69) is 5.32 Å². The van der Waals surface area contributed by atoms with Gasteiger partial charge in [0, 0.05) is 25.9 Å². The second-order valence-corrected chi connectivity index (χ2v) is 4.46. The number of methoxy groups -OCH3 is 1. The average Bonchev–Trinajstić information content (AvgIpc) is 2.36. The lowest BCUT2D eigenvalue weighted by molar-refractivity contribution is -0.135. The predicted molar refractivity (Wildman–Crippen MR) is 72.5 cm³/mol. The van der Waals surface area contributed by atoms with Gasteiger partial charge in [0.2, 0.25) is 11.8 Å². The maximum atomic E-state index is 13.0. The molecular formula is C13H17F2N3O3. The summed E-state index contributed by atoms with van der Waals surface area (Å²) in [4.78, 5) is 24.6. The van der Waals surface area contributed by atoms with Crippen molar-refractivity contribution in [3.63, 3.8) is 0 Å². The lowest BCUT2D eigenvalue weighted by Crippen LogP contribution is -2.46. The van der Waals surface area contributed by atoms with Crippen LogP contribution in [0.1, 0.15) is 0 Å². The van der Waals surface area contributed by atoms with Gasteiger partial charge in [-0.05, 0) is 12.1 Å². The Morgan fingerprint density at radius 3 is 2.43 bits per heavy atom. The number of carbonyl (C=O) groups excluding carboxylic acids is 2. The van der Waals surface area contributed by atoms with Gasteiger partial charge in [-0.1, -0.05) is 0 Å². The summed E-state index contributed by atoms with van der Waals surface area (Å²) in [5.41, 5.74) is 5.52. The van der Waals surface area contributed by atoms with Gasteiger partial charge in [0.05, 0.1) is 13.2 Å². The Balaban J connectivity index is 2.58. The molecule has 6 nitrogen and oxygen atoms in total. The number of nitrogens with zero attached hydrogens (tertiary/aromatic N) is 1. The molecule has 116 valence electrons. The fourth-order valence-corrected chi connectivity index (χ4v) is 1.65. The van der Waals surface area contributed by atoms with E-state index in [1.165, 1.54) is 14.2 Å². The summed E-state index contributed by atoms with van der Waals surface area (Å²) in [5.74, 6) is -2.69. The Kier molecular flexibility index (Phi) is 6.19. The van der Waals surface area contributed by atoms with Crippen LogP contribution in [-0.4, -0.2) is 50.1 Å². The van der Waals surface area contributed by atoms with E-state index in [1.807, 2.05) is 0 Å². The van der Waals surface area contributed by atoms with Gasteiger partial charge in [0.25, 0.3) is 0 Å². The molecule has 0 spiro atoms. The van der Waals surface area contributed by atoms with E-state index < -0.39 is 29.5 Å². The van der Waals surface area contributed by atoms with Crippen molar-refractivity contribution in [3.05, 3.63) is 29.8 Å². The molecular weight excluding hydrogens is 284 g/mol. The highest BCUT2D eigenvalue weighted by atomic mass is 19.1. The first-order chi connectivity index (χ1) is 9.83. The molecule has 0 fully saturated rings. The number of hydrogen-bond donors (Lipinski definition) is 2. The van der Waals surface area contributed by atoms with Crippen LogP contribution in [0.2, 0.25) is 0 Å². The monoisotopic (exact) mass is 301 g/mol. The number of hydrogen-bond acceptors (Lipinski definition) is 4. The number of amides is 2. The fraction of sp³-hybridized carbons (Fsp3) is 0.385. The van der Waals surface area contributed by atoms with Crippen molar-refractivity contribution in [3.8, 4) is 0 Å². The maximum absolute atomic E-state index is 13.0. The Morgan fingerprint density at radius 2 is 1.90 bits per heavy atom. The normalized spacial score (nSPS) is 11.9. The van der Waals surface area contributed by atoms with Gasteiger partial charge in [-0.25, -0.2) is 8.78 Å². The molecule has 0 aromatic heterocycles. The topological polar surface area (TPSA) is 84.7 Å². The van der Waals surface area contributed by atoms with Gasteiger partial charge in [-0.3, -0.25) is 9.59 Å². The lowest BCUT2D eigenvalue weighted by Gasteiger charge is -2.20. The minimum Gasteiger partial charge on any atom is -0.383 e. The average molecular weight is 301 g/mol. The first-order valence-corrected chi connectivity index (χ1v) is 6.09. The van der Waals surface area contributed by atoms with E-state index in [4.69, 9.17) is 10.5 Å². The van der Waals surface area contributed by atoms with Gasteiger partial charge in [-0.15, -0.1) is 0 Å². The molecule has 0 heterocycles. The highest BCUT2D eigenvalue weighted by molar-refractivity contribution is 5.95. The van der Waals surface area contributed by atoms with Crippen LogP contribution in [0.3, 0.4) is 0 Å². The zero-order valence-electron chi connectivity index (χ0n) is 11.7. The molecule has 8 heteroatoms. The van der Waals surface area contributed by atoms with Crippen LogP contribution < -0.4 is 11.1 Å². The van der Waals surface area contributed by atoms with Crippen molar-refractivity contribution in [1.29, 1.82) is 0 Å². The highest BCUT2D eigenvalue weighted by Gasteiger charge is 2.20. The van der Waals surface area contributed by atoms with Crippen LogP contribution in [0.25, 0.3) is 0 Å². The molecule has 1 aromatic carbocycles. The number of carbonyl (C=O) groups is 2. The second-order valence-electron chi connectivity index (χ2n) is 4.46. The lowest BCUT2D eigenvalue weighted by atomic mass is 10.2. The third-order valence-corrected chi connectivity index (χ3v) is 2.57. The van der Waals surface area contributed by atoms with Crippen molar-refractivity contribution in [2.75, 3.05) is 32.6 Å². The molecule has 0 aliphatic rings. The number of benzene rings is 1. The minimum atomic E-state index is -0.876. The van der Waals surface area contributed by atoms with E-state index >= 15 is 0 Å². The highest BCUT2D eigenvalue weighted by Crippen LogP contribution is 2.12. The van der Waals surface area contributed by atoms with Gasteiger partial charge in [0.1, 0.15) is 17.7 Å². The second kappa shape index (κ2) is 7.65. The van der Waals surface area contributed by atoms with E-state index in [0.29, 0.717) is 6.07 Å². The van der Waals surface area contributed by atoms with Gasteiger partial charge in [-0.2, -0.15) is 0 Å². The fourth-order valence-electron chi connectivity index (χ4n) is 1.65. The molecule has 2 amide bonds. The summed E-state index contributed by atoms with van der Waals surface area (Å²) in [6.45, 7) is -0.270. The summed E-state index contributed by atoms with van der Waals surface area (Å²) in [6, 6.07) is 1.76. The zero-order valence-corrected chi connectivity index (χ0v) is 11.7. The quantitative estimate of drug-likeness (QED) is 0.793. The summed E-state index contributed by atoms with van der Waals surface area (Å²) < 4.78 is 30.7. The molecule has 0 saturated heterocycles. The first-order valence-electron chi connectivity index (χ1n) is 6.09. The Hall–Kier alpha value is -2.06. The first kappa shape index (κ1) is 17.0. The van der Waals surface area contributed by atoms with Crippen molar-refractivity contribution in [1.82, 2.24) is 4.90 Å². The number of anilines is 1. The third kappa shape index (κ3) is 5.44. The smallest absolute Gasteiger partial charge is 0.243 e. The molecule has 0 aliphatic carbocycles. The molecule has 21 heavy (non-hydrogen) atoms. The largest absolute Gasteiger partial charge is 0.383 e. The number of rotatable bonds is 6. The van der Waals surface area contributed by atoms with Crippen LogP contribution in [0, 0.1) is 11.6 Å². The molecule has 3 N–H and O–H groups in total. The molecule has 1 rings (SSSR count). The van der Waals surface area contributed by atoms with Crippen molar-refractivity contribution in [2.24, 2.45) is 5.73 Å². The van der Waals surface area contributed by atoms with Crippen LogP contribution in [0.15, 0.2) is 18.2 Å². The molecule has 1 unspecified atom stereocenters. The molecule has 1 aromatic rings. The summed E-state index contributed by atoms with van der Waals surface area (Å²) in [5, 5.41) is 2.30. The van der Waals surface area contributed by atoms with Crippen molar-refractivity contribution < 1.29 is 23.1 Å². The Labute approximate surface area is 120 Å². The number of likely N-dealkylation sites (N-methyl/N-ethyl adjacent to an activating group) is 1. The maximum Gasteiger partial charge on any atom is 0.243 e. The van der Waals surface area contributed by atoms with Crippen LogP contribution in [-0.2, 0) is 14.3 Å². The standard InChI is InChI=1S/C13H17F2N3O3/c1-18(13(20)11(16)7-21-2)6-12(19)17-10-4-8(14)3-9(15)5-10/h3-5,11H,6-7,16H2,1-2H3,(H,17,19). The van der Waals surface area contributed by atoms with E-state index in [0.717, 1.165) is 17.0 Å². The number of halogens is 2. The van der Waals surface area contributed by atoms with E-state index in [-0.39, 0.29) is 18.8 Å². The SMILES string of the molecule is COCC(N)C(=O)N(C)CC(=O)Nc1cc(F)cc(F)c1. The van der Waals surface area contributed by atoms with Crippen molar-refractivity contribution in [2.45, 2.75) is 6.04 Å². The van der Waals surface area contributed by atoms with Gasteiger partial charge < -0.3 is 20.7 Å². The van der Waals surface area contributed by atoms with Gasteiger partial charge in [0.15, 0.2) is 0 Å². The molecule has 0 bridgehead atoms. The Bertz CT molecular complexity index is 505. The summed E-state index contributed by atoms with van der Waals surface area (Å²) in [6.07, 6.45) is 0. The zero-order chi connectivity index (χ0) is 16.0. The van der Waals surface area contributed by atoms with E-state index in [1.54, 1.807) is 0 Å². The minimum absolute atomic E-state index is 0.0277. The van der Waals surface area contributed by atoms with Gasteiger partial charge >= 0.3 is 0 Å². The summed E-state index contributed by atoms with van der Waals surface area (Å²) >= 11 is 0. The van der Waals surface area contributed by atoms with Crippen LogP contribution >= 0.6 is 0 Å². The number of nitrogens with two attached hydrogens (primary N) is 1. The number of ether oxygens (including phenoxy) is 1. The van der Waals surface area contributed by atoms with Crippen LogP contribution in [0.4, 0.5) is 14.5 Å². The molecule has 0 radical (unpaired) electrons. The molecule has 0 aliphatic heterocycles.